The largest absolute Gasteiger partial charge is 0.464 e. The Morgan fingerprint density at radius 3 is 2.35 bits per heavy atom. The molecule has 0 aliphatic rings. The van der Waals surface area contributed by atoms with Crippen molar-refractivity contribution in [2.24, 2.45) is 0 Å². The molecule has 0 saturated carbocycles. The summed E-state index contributed by atoms with van der Waals surface area (Å²) in [7, 11) is 0. The van der Waals surface area contributed by atoms with Crippen LogP contribution in [0.25, 0.3) is 11.3 Å². The molecule has 2 nitrogen and oxygen atoms in total. The molecular weight excluding hydrogens is 255 g/mol. The standard InChI is InChI=1S/C17H11FO2/c18-13-9-7-12(8-10-13)17(19)15-5-2-1-4-14(15)16-6-3-11-20-16/h1-11H. The van der Waals surface area contributed by atoms with Gasteiger partial charge in [-0.25, -0.2) is 4.39 Å². The van der Waals surface area contributed by atoms with Crippen LogP contribution in [0.15, 0.2) is 71.3 Å². The van der Waals surface area contributed by atoms with E-state index in [0.29, 0.717) is 16.9 Å². The lowest BCUT2D eigenvalue weighted by Crippen LogP contribution is -2.03. The molecule has 20 heavy (non-hydrogen) atoms. The highest BCUT2D eigenvalue weighted by Crippen LogP contribution is 2.26. The third-order valence-electron chi connectivity index (χ3n) is 3.06. The van der Waals surface area contributed by atoms with Crippen LogP contribution in [0.4, 0.5) is 4.39 Å². The maximum atomic E-state index is 12.9. The summed E-state index contributed by atoms with van der Waals surface area (Å²) < 4.78 is 18.3. The number of hydrogen-bond donors (Lipinski definition) is 0. The van der Waals surface area contributed by atoms with Crippen molar-refractivity contribution in [3.8, 4) is 11.3 Å². The van der Waals surface area contributed by atoms with E-state index >= 15 is 0 Å². The molecule has 0 fully saturated rings. The molecule has 0 unspecified atom stereocenters. The van der Waals surface area contributed by atoms with Crippen molar-refractivity contribution in [2.75, 3.05) is 0 Å². The second-order valence-electron chi connectivity index (χ2n) is 4.36. The Kier molecular flexibility index (Phi) is 3.17. The predicted octanol–water partition coefficient (Wildman–Crippen LogP) is 4.32. The van der Waals surface area contributed by atoms with E-state index in [1.807, 2.05) is 12.1 Å². The van der Waals surface area contributed by atoms with Gasteiger partial charge in [0.15, 0.2) is 5.78 Å². The van der Waals surface area contributed by atoms with Gasteiger partial charge in [0, 0.05) is 16.7 Å². The van der Waals surface area contributed by atoms with Gasteiger partial charge in [-0.2, -0.15) is 0 Å². The first-order valence-electron chi connectivity index (χ1n) is 6.19. The van der Waals surface area contributed by atoms with Gasteiger partial charge in [0.05, 0.1) is 6.26 Å². The van der Waals surface area contributed by atoms with Gasteiger partial charge < -0.3 is 4.42 Å². The number of benzene rings is 2. The molecule has 98 valence electrons. The minimum atomic E-state index is -0.360. The summed E-state index contributed by atoms with van der Waals surface area (Å²) in [6, 6.07) is 16.3. The molecule has 0 spiro atoms. The summed E-state index contributed by atoms with van der Waals surface area (Å²) in [6.07, 6.45) is 1.56. The fourth-order valence-corrected chi connectivity index (χ4v) is 2.08. The van der Waals surface area contributed by atoms with Crippen molar-refractivity contribution in [1.29, 1.82) is 0 Å². The number of rotatable bonds is 3. The van der Waals surface area contributed by atoms with Gasteiger partial charge in [0.1, 0.15) is 11.6 Å². The predicted molar refractivity (Wildman–Crippen MR) is 74.0 cm³/mol. The maximum absolute atomic E-state index is 12.9. The average molecular weight is 266 g/mol. The minimum absolute atomic E-state index is 0.156. The Bertz CT molecular complexity index is 728. The van der Waals surface area contributed by atoms with Crippen LogP contribution in [0.3, 0.4) is 0 Å². The summed E-state index contributed by atoms with van der Waals surface area (Å²) in [5, 5.41) is 0. The van der Waals surface area contributed by atoms with Crippen LogP contribution in [0.1, 0.15) is 15.9 Å². The van der Waals surface area contributed by atoms with Crippen LogP contribution >= 0.6 is 0 Å². The van der Waals surface area contributed by atoms with Crippen molar-refractivity contribution in [1.82, 2.24) is 0 Å². The van der Waals surface area contributed by atoms with Crippen molar-refractivity contribution in [2.45, 2.75) is 0 Å². The molecular formula is C17H11FO2. The van der Waals surface area contributed by atoms with Crippen LogP contribution in [0, 0.1) is 5.82 Å². The fourth-order valence-electron chi connectivity index (χ4n) is 2.08. The van der Waals surface area contributed by atoms with Crippen LogP contribution in [-0.2, 0) is 0 Å². The highest BCUT2D eigenvalue weighted by molar-refractivity contribution is 6.12. The zero-order valence-electron chi connectivity index (χ0n) is 10.5. The summed E-state index contributed by atoms with van der Waals surface area (Å²) in [5.74, 6) is 0.119. The number of carbonyl (C=O) groups is 1. The van der Waals surface area contributed by atoms with Gasteiger partial charge in [-0.15, -0.1) is 0 Å². The van der Waals surface area contributed by atoms with Gasteiger partial charge in [-0.1, -0.05) is 24.3 Å². The van der Waals surface area contributed by atoms with Gasteiger partial charge in [-0.3, -0.25) is 4.79 Å². The first kappa shape index (κ1) is 12.4. The summed E-state index contributed by atoms with van der Waals surface area (Å²) >= 11 is 0. The van der Waals surface area contributed by atoms with Crippen molar-refractivity contribution >= 4 is 5.78 Å². The molecule has 0 amide bonds. The van der Waals surface area contributed by atoms with E-state index in [1.54, 1.807) is 30.5 Å². The van der Waals surface area contributed by atoms with E-state index in [4.69, 9.17) is 4.42 Å². The van der Waals surface area contributed by atoms with Crippen LogP contribution in [0.5, 0.6) is 0 Å². The smallest absolute Gasteiger partial charge is 0.193 e. The van der Waals surface area contributed by atoms with E-state index < -0.39 is 0 Å². The molecule has 3 aromatic rings. The summed E-state index contributed by atoms with van der Waals surface area (Å²) in [4.78, 5) is 12.5. The van der Waals surface area contributed by atoms with E-state index in [-0.39, 0.29) is 11.6 Å². The van der Waals surface area contributed by atoms with Crippen molar-refractivity contribution in [3.63, 3.8) is 0 Å². The highest BCUT2D eigenvalue weighted by Gasteiger charge is 2.15. The third-order valence-corrected chi connectivity index (χ3v) is 3.06. The number of furan rings is 1. The molecule has 0 aliphatic carbocycles. The van der Waals surface area contributed by atoms with E-state index in [1.165, 1.54) is 24.3 Å². The van der Waals surface area contributed by atoms with Gasteiger partial charge >= 0.3 is 0 Å². The number of hydrogen-bond acceptors (Lipinski definition) is 2. The zero-order valence-corrected chi connectivity index (χ0v) is 10.5. The molecule has 2 aromatic carbocycles. The van der Waals surface area contributed by atoms with Gasteiger partial charge in [0.2, 0.25) is 0 Å². The number of halogens is 1. The second kappa shape index (κ2) is 5.13. The molecule has 0 saturated heterocycles. The van der Waals surface area contributed by atoms with Crippen LogP contribution < -0.4 is 0 Å². The van der Waals surface area contributed by atoms with Gasteiger partial charge in [0.25, 0.3) is 0 Å². The molecule has 3 heteroatoms. The SMILES string of the molecule is O=C(c1ccc(F)cc1)c1ccccc1-c1ccco1. The Labute approximate surface area is 115 Å². The molecule has 3 rings (SSSR count). The Morgan fingerprint density at radius 2 is 1.65 bits per heavy atom. The summed E-state index contributed by atoms with van der Waals surface area (Å²) in [6.45, 7) is 0. The molecule has 0 radical (unpaired) electrons. The quantitative estimate of drug-likeness (QED) is 0.661. The Balaban J connectivity index is 2.06. The molecule has 0 bridgehead atoms. The summed E-state index contributed by atoms with van der Waals surface area (Å²) in [5.41, 5.74) is 1.71. The number of carbonyl (C=O) groups excluding carboxylic acids is 1. The zero-order chi connectivity index (χ0) is 13.9. The monoisotopic (exact) mass is 266 g/mol. The first-order chi connectivity index (χ1) is 9.75. The Hall–Kier alpha value is -2.68. The van der Waals surface area contributed by atoms with Crippen molar-refractivity contribution < 1.29 is 13.6 Å². The minimum Gasteiger partial charge on any atom is -0.464 e. The molecule has 1 aromatic heterocycles. The van der Waals surface area contributed by atoms with Crippen molar-refractivity contribution in [3.05, 3.63) is 83.9 Å². The van der Waals surface area contributed by atoms with E-state index in [2.05, 4.69) is 0 Å². The third kappa shape index (κ3) is 2.26. The maximum Gasteiger partial charge on any atom is 0.193 e. The highest BCUT2D eigenvalue weighted by atomic mass is 19.1. The lowest BCUT2D eigenvalue weighted by molar-refractivity contribution is 0.103. The molecule has 0 N–H and O–H groups in total. The first-order valence-corrected chi connectivity index (χ1v) is 6.19. The lowest BCUT2D eigenvalue weighted by Gasteiger charge is -2.06. The molecule has 0 aliphatic heterocycles. The number of ketones is 1. The molecule has 0 atom stereocenters. The topological polar surface area (TPSA) is 30.2 Å². The van der Waals surface area contributed by atoms with E-state index in [9.17, 15) is 9.18 Å². The van der Waals surface area contributed by atoms with Crippen LogP contribution in [-0.4, -0.2) is 5.78 Å². The lowest BCUT2D eigenvalue weighted by atomic mass is 9.97. The Morgan fingerprint density at radius 1 is 0.900 bits per heavy atom. The average Bonchev–Trinajstić information content (AvgIpc) is 3.01. The molecule has 1 heterocycles. The second-order valence-corrected chi connectivity index (χ2v) is 4.36. The normalized spacial score (nSPS) is 10.4. The van der Waals surface area contributed by atoms with E-state index in [0.717, 1.165) is 5.56 Å². The van der Waals surface area contributed by atoms with Crippen LogP contribution in [0.2, 0.25) is 0 Å². The fraction of sp³-hybridized carbons (Fsp3) is 0. The van der Waals surface area contributed by atoms with Gasteiger partial charge in [-0.05, 0) is 36.4 Å².